The zero-order valence-electron chi connectivity index (χ0n) is 25.6. The van der Waals surface area contributed by atoms with Crippen molar-refractivity contribution in [2.45, 2.75) is 72.8 Å². The van der Waals surface area contributed by atoms with Gasteiger partial charge in [0.15, 0.2) is 0 Å². The predicted molar refractivity (Wildman–Crippen MR) is 160 cm³/mol. The average Bonchev–Trinajstić information content (AvgIpc) is 3.41. The number of nitrogens with one attached hydrogen (secondary N) is 3. The number of carbonyl (C=O) groups excluding carboxylic acids is 4. The number of rotatable bonds is 12. The summed E-state index contributed by atoms with van der Waals surface area (Å²) in [4.78, 5) is 51.8. The van der Waals surface area contributed by atoms with Gasteiger partial charge in [-0.2, -0.15) is 0 Å². The summed E-state index contributed by atoms with van der Waals surface area (Å²) in [6.45, 7) is 12.6. The third kappa shape index (κ3) is 8.21. The lowest BCUT2D eigenvalue weighted by Gasteiger charge is -2.27. The van der Waals surface area contributed by atoms with Crippen LogP contribution in [0.3, 0.4) is 0 Å². The molecule has 2 aromatic carbocycles. The van der Waals surface area contributed by atoms with Gasteiger partial charge in [-0.1, -0.05) is 20.8 Å². The number of nitrogens with zero attached hydrogens (tertiary/aromatic N) is 4. The van der Waals surface area contributed by atoms with Crippen LogP contribution in [0.4, 0.5) is 4.79 Å². The zero-order chi connectivity index (χ0) is 31.7. The van der Waals surface area contributed by atoms with E-state index in [1.54, 1.807) is 36.9 Å². The van der Waals surface area contributed by atoms with Crippen LogP contribution in [0.25, 0.3) is 16.7 Å². The quantitative estimate of drug-likeness (QED) is 0.182. The molecule has 1 heterocycles. The van der Waals surface area contributed by atoms with Gasteiger partial charge >= 0.3 is 12.0 Å². The Morgan fingerprint density at radius 3 is 2.35 bits per heavy atom. The largest absolute Gasteiger partial charge is 0.505 e. The van der Waals surface area contributed by atoms with Gasteiger partial charge in [-0.05, 0) is 68.5 Å². The van der Waals surface area contributed by atoms with E-state index >= 15 is 0 Å². The molecular weight excluding hydrogens is 554 g/mol. The second-order valence-electron chi connectivity index (χ2n) is 10.6. The number of aromatic hydroxyl groups is 1. The minimum absolute atomic E-state index is 0.0839. The third-order valence-corrected chi connectivity index (χ3v) is 7.26. The summed E-state index contributed by atoms with van der Waals surface area (Å²) in [5.41, 5.74) is 7.31. The maximum atomic E-state index is 13.1. The van der Waals surface area contributed by atoms with Crippen molar-refractivity contribution in [1.82, 2.24) is 36.1 Å². The lowest BCUT2D eigenvalue weighted by Crippen LogP contribution is -2.47. The first-order valence-electron chi connectivity index (χ1n) is 14.4. The Kier molecular flexibility index (Phi) is 11.1. The molecule has 0 spiro atoms. The fraction of sp³-hybridized carbons (Fsp3) is 0.467. The van der Waals surface area contributed by atoms with Crippen molar-refractivity contribution >= 4 is 34.8 Å². The van der Waals surface area contributed by atoms with E-state index in [4.69, 9.17) is 4.74 Å². The maximum absolute atomic E-state index is 13.1. The van der Waals surface area contributed by atoms with Gasteiger partial charge in [0, 0.05) is 38.0 Å². The van der Waals surface area contributed by atoms with Gasteiger partial charge in [0.1, 0.15) is 22.5 Å². The van der Waals surface area contributed by atoms with Crippen LogP contribution in [0.5, 0.6) is 5.75 Å². The van der Waals surface area contributed by atoms with Crippen molar-refractivity contribution in [2.24, 2.45) is 0 Å². The Balaban J connectivity index is 1.89. The summed E-state index contributed by atoms with van der Waals surface area (Å²) in [6.07, 6.45) is 0.600. The Morgan fingerprint density at radius 1 is 0.977 bits per heavy atom. The van der Waals surface area contributed by atoms with Gasteiger partial charge in [-0.25, -0.2) is 15.0 Å². The molecule has 3 rings (SSSR count). The van der Waals surface area contributed by atoms with Crippen molar-refractivity contribution < 1.29 is 29.0 Å². The van der Waals surface area contributed by atoms with E-state index in [0.29, 0.717) is 40.9 Å². The van der Waals surface area contributed by atoms with Crippen molar-refractivity contribution in [3.63, 3.8) is 0 Å². The molecule has 0 aliphatic heterocycles. The van der Waals surface area contributed by atoms with E-state index in [1.807, 2.05) is 19.1 Å². The molecule has 43 heavy (non-hydrogen) atoms. The van der Waals surface area contributed by atoms with E-state index in [0.717, 1.165) is 12.0 Å². The fourth-order valence-electron chi connectivity index (χ4n) is 4.26. The summed E-state index contributed by atoms with van der Waals surface area (Å²) in [6, 6.07) is 8.04. The first-order valence-corrected chi connectivity index (χ1v) is 14.4. The van der Waals surface area contributed by atoms with E-state index in [2.05, 4.69) is 47.1 Å². The Hall–Kier alpha value is -4.68. The Labute approximate surface area is 250 Å². The molecule has 4 amide bonds. The molecule has 0 saturated carbocycles. The highest BCUT2D eigenvalue weighted by Crippen LogP contribution is 2.35. The summed E-state index contributed by atoms with van der Waals surface area (Å²) in [5, 5.41) is 23.0. The highest BCUT2D eigenvalue weighted by atomic mass is 16.5. The number of ether oxygens (including phenoxy) is 1. The second kappa shape index (κ2) is 14.5. The van der Waals surface area contributed by atoms with E-state index < -0.39 is 17.9 Å². The number of carbonyl (C=O) groups is 4. The first-order chi connectivity index (χ1) is 20.4. The molecule has 13 nitrogen and oxygen atoms in total. The highest BCUT2D eigenvalue weighted by Gasteiger charge is 2.25. The van der Waals surface area contributed by atoms with Crippen LogP contribution in [0, 0.1) is 0 Å². The van der Waals surface area contributed by atoms with E-state index in [9.17, 15) is 24.3 Å². The lowest BCUT2D eigenvalue weighted by atomic mass is 9.81. The summed E-state index contributed by atoms with van der Waals surface area (Å²) in [5.74, 6) is -1.34. The normalized spacial score (nSPS) is 11.2. The van der Waals surface area contributed by atoms with E-state index in [1.165, 1.54) is 4.80 Å². The number of aromatic nitrogens is 3. The van der Waals surface area contributed by atoms with Crippen LogP contribution in [-0.4, -0.2) is 68.5 Å². The van der Waals surface area contributed by atoms with Crippen LogP contribution in [0.2, 0.25) is 0 Å². The number of phenols is 1. The molecule has 232 valence electrons. The standard InChI is InChI=1S/C30H41N7O6/c1-7-30(5,6)21-15-20(18-36(9-3)26(39)14-13-25(38)32-33-29(42)31-8-2)27(40)24(17-21)37-34-22-12-11-19(16-23(22)35-37)28(41)43-10-4/h11-12,15-17,40H,7-10,13-14,18H2,1-6H3,(H,32,38)(H2,31,33,42). The average molecular weight is 596 g/mol. The number of esters is 1. The fourth-order valence-corrected chi connectivity index (χ4v) is 4.26. The number of urea groups is 1. The molecule has 3 aromatic rings. The minimum Gasteiger partial charge on any atom is -0.505 e. The Morgan fingerprint density at radius 2 is 1.70 bits per heavy atom. The van der Waals surface area contributed by atoms with Crippen LogP contribution < -0.4 is 16.2 Å². The van der Waals surface area contributed by atoms with Gasteiger partial charge in [0.05, 0.1) is 12.2 Å². The number of phenolic OH excluding ortho intramolecular Hbond substituents is 1. The molecule has 0 atom stereocenters. The molecule has 1 aromatic heterocycles. The summed E-state index contributed by atoms with van der Waals surface area (Å²) >= 11 is 0. The van der Waals surface area contributed by atoms with Gasteiger partial charge in [0.25, 0.3) is 0 Å². The number of fused-ring (bicyclic) bond motifs is 1. The van der Waals surface area contributed by atoms with Gasteiger partial charge in [-0.3, -0.25) is 15.0 Å². The van der Waals surface area contributed by atoms with Crippen molar-refractivity contribution in [3.8, 4) is 11.4 Å². The number of amides is 4. The molecule has 0 bridgehead atoms. The molecular formula is C30H41N7O6. The molecule has 0 fully saturated rings. The Bertz CT molecular complexity index is 1480. The van der Waals surface area contributed by atoms with Crippen LogP contribution in [0.15, 0.2) is 30.3 Å². The topological polar surface area (TPSA) is 168 Å². The van der Waals surface area contributed by atoms with Crippen LogP contribution in [0.1, 0.15) is 82.3 Å². The van der Waals surface area contributed by atoms with Crippen LogP contribution >= 0.6 is 0 Å². The second-order valence-corrected chi connectivity index (χ2v) is 10.6. The molecule has 13 heteroatoms. The van der Waals surface area contributed by atoms with Crippen LogP contribution in [-0.2, 0) is 26.3 Å². The van der Waals surface area contributed by atoms with Crippen molar-refractivity contribution in [2.75, 3.05) is 19.7 Å². The predicted octanol–water partition coefficient (Wildman–Crippen LogP) is 3.47. The molecule has 0 aliphatic carbocycles. The number of hydrogen-bond acceptors (Lipinski definition) is 8. The summed E-state index contributed by atoms with van der Waals surface area (Å²) < 4.78 is 5.09. The van der Waals surface area contributed by atoms with Gasteiger partial charge in [-0.15, -0.1) is 15.0 Å². The van der Waals surface area contributed by atoms with Gasteiger partial charge < -0.3 is 20.1 Å². The van der Waals surface area contributed by atoms with Crippen molar-refractivity contribution in [1.29, 1.82) is 0 Å². The minimum atomic E-state index is -0.544. The van der Waals surface area contributed by atoms with Gasteiger partial charge in [0.2, 0.25) is 11.8 Å². The molecule has 0 radical (unpaired) electrons. The number of hydrazine groups is 1. The monoisotopic (exact) mass is 595 g/mol. The summed E-state index contributed by atoms with van der Waals surface area (Å²) in [7, 11) is 0. The lowest BCUT2D eigenvalue weighted by molar-refractivity contribution is -0.134. The third-order valence-electron chi connectivity index (χ3n) is 7.26. The molecule has 0 saturated heterocycles. The van der Waals surface area contributed by atoms with E-state index in [-0.39, 0.29) is 43.1 Å². The number of hydrogen-bond donors (Lipinski definition) is 4. The first kappa shape index (κ1) is 32.8. The maximum Gasteiger partial charge on any atom is 0.338 e. The smallest absolute Gasteiger partial charge is 0.338 e. The number of benzene rings is 2. The highest BCUT2D eigenvalue weighted by molar-refractivity contribution is 5.93. The molecule has 4 N–H and O–H groups in total. The zero-order valence-corrected chi connectivity index (χ0v) is 25.6. The molecule has 0 aliphatic rings. The molecule has 0 unspecified atom stereocenters. The SMILES string of the molecule is CCNC(=O)NNC(=O)CCC(=O)N(CC)Cc1cc(C(C)(C)CC)cc(-n2nc3ccc(C(=O)OCC)cc3n2)c1O. The van der Waals surface area contributed by atoms with Crippen molar-refractivity contribution in [3.05, 3.63) is 47.0 Å².